The summed E-state index contributed by atoms with van der Waals surface area (Å²) in [5, 5.41) is 2.75. The third kappa shape index (κ3) is 3.75. The van der Waals surface area contributed by atoms with Crippen LogP contribution in [-0.4, -0.2) is 48.0 Å². The van der Waals surface area contributed by atoms with Gasteiger partial charge in [-0.05, 0) is 19.1 Å². The first kappa shape index (κ1) is 16.1. The van der Waals surface area contributed by atoms with Crippen LogP contribution >= 0.6 is 0 Å². The van der Waals surface area contributed by atoms with E-state index in [0.29, 0.717) is 36.0 Å². The number of aromatic nitrogens is 2. The zero-order chi connectivity index (χ0) is 16.9. The van der Waals surface area contributed by atoms with Gasteiger partial charge in [0.05, 0.1) is 18.8 Å². The van der Waals surface area contributed by atoms with Crippen molar-refractivity contribution in [3.63, 3.8) is 0 Å². The van der Waals surface area contributed by atoms with Gasteiger partial charge in [-0.1, -0.05) is 12.1 Å². The molecule has 1 fully saturated rings. The zero-order valence-electron chi connectivity index (χ0n) is 13.4. The number of anilines is 2. The van der Waals surface area contributed by atoms with Crippen molar-refractivity contribution in [1.82, 2.24) is 9.97 Å². The van der Waals surface area contributed by atoms with Gasteiger partial charge in [-0.15, -0.1) is 0 Å². The van der Waals surface area contributed by atoms with Crippen molar-refractivity contribution in [3.8, 4) is 0 Å². The Bertz CT molecular complexity index is 740. The number of hydrogen-bond donors (Lipinski definition) is 1. The van der Waals surface area contributed by atoms with Gasteiger partial charge in [0.25, 0.3) is 5.91 Å². The number of ketones is 1. The molecule has 24 heavy (non-hydrogen) atoms. The number of hydrogen-bond acceptors (Lipinski definition) is 6. The maximum Gasteiger partial charge on any atom is 0.258 e. The predicted octanol–water partition coefficient (Wildman–Crippen LogP) is 1.77. The van der Waals surface area contributed by atoms with Crippen molar-refractivity contribution in [2.75, 3.05) is 36.5 Å². The molecule has 1 amide bonds. The molecular weight excluding hydrogens is 308 g/mol. The number of Topliss-reactive ketones (excluding diaryl/α,β-unsaturated/α-hetero) is 1. The lowest BCUT2D eigenvalue weighted by atomic mass is 10.1. The van der Waals surface area contributed by atoms with Gasteiger partial charge < -0.3 is 15.0 Å². The first-order valence-electron chi connectivity index (χ1n) is 7.70. The second-order valence-electron chi connectivity index (χ2n) is 5.46. The van der Waals surface area contributed by atoms with E-state index in [-0.39, 0.29) is 11.7 Å². The molecule has 1 aromatic heterocycles. The summed E-state index contributed by atoms with van der Waals surface area (Å²) in [5.41, 5.74) is 1.47. The van der Waals surface area contributed by atoms with E-state index in [9.17, 15) is 9.59 Å². The Hall–Kier alpha value is -2.80. The minimum absolute atomic E-state index is 0.0516. The third-order valence-corrected chi connectivity index (χ3v) is 3.72. The molecule has 2 aromatic rings. The highest BCUT2D eigenvalue weighted by Gasteiger charge is 2.15. The Morgan fingerprint density at radius 2 is 1.83 bits per heavy atom. The Balaban J connectivity index is 1.68. The molecule has 1 N–H and O–H groups in total. The number of benzene rings is 1. The molecule has 1 saturated heterocycles. The van der Waals surface area contributed by atoms with Gasteiger partial charge in [0.1, 0.15) is 0 Å². The van der Waals surface area contributed by atoms with Gasteiger partial charge in [0.15, 0.2) is 5.78 Å². The normalized spacial score (nSPS) is 14.3. The van der Waals surface area contributed by atoms with Gasteiger partial charge in [-0.25, -0.2) is 9.97 Å². The summed E-state index contributed by atoms with van der Waals surface area (Å²) in [6.07, 6.45) is 3.00. The molecule has 7 nitrogen and oxygen atoms in total. The largest absolute Gasteiger partial charge is 0.378 e. The molecule has 1 aromatic carbocycles. The number of carbonyl (C=O) groups excluding carboxylic acids is 2. The van der Waals surface area contributed by atoms with E-state index in [2.05, 4.69) is 15.3 Å². The molecule has 7 heteroatoms. The van der Waals surface area contributed by atoms with Crippen molar-refractivity contribution in [2.45, 2.75) is 6.92 Å². The van der Waals surface area contributed by atoms with Crippen molar-refractivity contribution in [2.24, 2.45) is 0 Å². The van der Waals surface area contributed by atoms with E-state index in [4.69, 9.17) is 4.74 Å². The van der Waals surface area contributed by atoms with Crippen LogP contribution < -0.4 is 10.2 Å². The molecular formula is C17H18N4O3. The molecule has 1 aliphatic rings. The minimum Gasteiger partial charge on any atom is -0.378 e. The average molecular weight is 326 g/mol. The fraction of sp³-hybridized carbons (Fsp3) is 0.294. The number of morpholine rings is 1. The van der Waals surface area contributed by atoms with Crippen LogP contribution in [0.5, 0.6) is 0 Å². The zero-order valence-corrected chi connectivity index (χ0v) is 13.4. The fourth-order valence-electron chi connectivity index (χ4n) is 2.38. The first-order valence-corrected chi connectivity index (χ1v) is 7.70. The molecule has 0 aliphatic carbocycles. The third-order valence-electron chi connectivity index (χ3n) is 3.72. The van der Waals surface area contributed by atoms with Gasteiger partial charge >= 0.3 is 0 Å². The highest BCUT2D eigenvalue weighted by atomic mass is 16.5. The van der Waals surface area contributed by atoms with Gasteiger partial charge in [-0.2, -0.15) is 0 Å². The van der Waals surface area contributed by atoms with Gasteiger partial charge in [-0.3, -0.25) is 9.59 Å². The predicted molar refractivity (Wildman–Crippen MR) is 89.5 cm³/mol. The lowest BCUT2D eigenvalue weighted by Crippen LogP contribution is -2.37. The molecule has 1 aliphatic heterocycles. The van der Waals surface area contributed by atoms with E-state index < -0.39 is 0 Å². The lowest BCUT2D eigenvalue weighted by molar-refractivity contribution is 0.101. The van der Waals surface area contributed by atoms with Crippen molar-refractivity contribution >= 4 is 23.3 Å². The van der Waals surface area contributed by atoms with Crippen LogP contribution in [-0.2, 0) is 4.74 Å². The van der Waals surface area contributed by atoms with Crippen molar-refractivity contribution in [1.29, 1.82) is 0 Å². The number of amides is 1. The molecule has 0 atom stereocenters. The molecule has 0 bridgehead atoms. The van der Waals surface area contributed by atoms with Crippen LogP contribution in [0.1, 0.15) is 27.6 Å². The van der Waals surface area contributed by atoms with Crippen molar-refractivity contribution < 1.29 is 14.3 Å². The topological polar surface area (TPSA) is 84.4 Å². The second-order valence-corrected chi connectivity index (χ2v) is 5.46. The SMILES string of the molecule is CC(=O)c1cccc(NC(=O)c2cnc(N3CCOCC3)nc2)c1. The molecule has 0 unspecified atom stereocenters. The monoisotopic (exact) mass is 326 g/mol. The number of rotatable bonds is 4. The summed E-state index contributed by atoms with van der Waals surface area (Å²) in [7, 11) is 0. The second kappa shape index (κ2) is 7.18. The van der Waals surface area contributed by atoms with Crippen LogP contribution in [0.2, 0.25) is 0 Å². The quantitative estimate of drug-likeness (QED) is 0.862. The molecule has 0 radical (unpaired) electrons. The summed E-state index contributed by atoms with van der Waals surface area (Å²) < 4.78 is 5.29. The molecule has 124 valence electrons. The summed E-state index contributed by atoms with van der Waals surface area (Å²) in [4.78, 5) is 34.2. The standard InChI is InChI=1S/C17H18N4O3/c1-12(22)13-3-2-4-15(9-13)20-16(23)14-10-18-17(19-11-14)21-5-7-24-8-6-21/h2-4,9-11H,5-8H2,1H3,(H,20,23). The minimum atomic E-state index is -0.316. The van der Waals surface area contributed by atoms with Crippen LogP contribution in [0, 0.1) is 0 Å². The highest BCUT2D eigenvalue weighted by molar-refractivity contribution is 6.04. The maximum atomic E-state index is 12.3. The smallest absolute Gasteiger partial charge is 0.258 e. The Morgan fingerprint density at radius 3 is 2.50 bits per heavy atom. The van der Waals surface area contributed by atoms with E-state index in [1.54, 1.807) is 24.3 Å². The Morgan fingerprint density at radius 1 is 1.12 bits per heavy atom. The number of nitrogens with one attached hydrogen (secondary N) is 1. The number of ether oxygens (including phenoxy) is 1. The van der Waals surface area contributed by atoms with E-state index >= 15 is 0 Å². The Kier molecular flexibility index (Phi) is 4.81. The average Bonchev–Trinajstić information content (AvgIpc) is 2.63. The fourth-order valence-corrected chi connectivity index (χ4v) is 2.38. The summed E-state index contributed by atoms with van der Waals surface area (Å²) in [6, 6.07) is 6.80. The van der Waals surface area contributed by atoms with Gasteiger partial charge in [0, 0.05) is 36.7 Å². The Labute approximate surface area is 139 Å². The first-order chi connectivity index (χ1) is 11.6. The van der Waals surface area contributed by atoms with Gasteiger partial charge in [0.2, 0.25) is 5.95 Å². The molecule has 0 saturated carbocycles. The number of nitrogens with zero attached hydrogens (tertiary/aromatic N) is 3. The highest BCUT2D eigenvalue weighted by Crippen LogP contribution is 2.14. The van der Waals surface area contributed by atoms with E-state index in [1.165, 1.54) is 19.3 Å². The lowest BCUT2D eigenvalue weighted by Gasteiger charge is -2.26. The molecule has 0 spiro atoms. The van der Waals surface area contributed by atoms with E-state index in [0.717, 1.165) is 13.1 Å². The number of carbonyl (C=O) groups is 2. The molecule has 3 rings (SSSR count). The van der Waals surface area contributed by atoms with Crippen LogP contribution in [0.15, 0.2) is 36.7 Å². The summed E-state index contributed by atoms with van der Waals surface area (Å²) in [6.45, 7) is 4.27. The summed E-state index contributed by atoms with van der Waals surface area (Å²) in [5.74, 6) is 0.224. The molecule has 2 heterocycles. The van der Waals surface area contributed by atoms with Crippen LogP contribution in [0.4, 0.5) is 11.6 Å². The van der Waals surface area contributed by atoms with Crippen LogP contribution in [0.3, 0.4) is 0 Å². The maximum absolute atomic E-state index is 12.3. The van der Waals surface area contributed by atoms with E-state index in [1.807, 2.05) is 4.90 Å². The van der Waals surface area contributed by atoms with Crippen LogP contribution in [0.25, 0.3) is 0 Å². The van der Waals surface area contributed by atoms with Crippen molar-refractivity contribution in [3.05, 3.63) is 47.8 Å². The summed E-state index contributed by atoms with van der Waals surface area (Å²) >= 11 is 0.